The Labute approximate surface area is 113 Å². The Bertz CT molecular complexity index is 864. The second-order valence-corrected chi connectivity index (χ2v) is 4.36. The predicted octanol–water partition coefficient (Wildman–Crippen LogP) is 2.58. The lowest BCUT2D eigenvalue weighted by atomic mass is 10.0. The number of fused-ring (bicyclic) bond motifs is 1. The van der Waals surface area contributed by atoms with Crippen LogP contribution in [-0.4, -0.2) is 15.3 Å². The van der Waals surface area contributed by atoms with E-state index >= 15 is 0 Å². The summed E-state index contributed by atoms with van der Waals surface area (Å²) in [5.41, 5.74) is 0.218. The molecule has 0 aliphatic carbocycles. The molecule has 0 aliphatic rings. The average Bonchev–Trinajstić information content (AvgIpc) is 2.42. The van der Waals surface area contributed by atoms with Crippen molar-refractivity contribution in [3.63, 3.8) is 0 Å². The molecule has 3 N–H and O–H groups in total. The number of benzene rings is 2. The first kappa shape index (κ1) is 12.1. The molecule has 1 aromatic heterocycles. The van der Waals surface area contributed by atoms with Crippen LogP contribution in [0, 0.1) is 0 Å². The maximum absolute atomic E-state index is 12.4. The van der Waals surface area contributed by atoms with Crippen LogP contribution in [0.3, 0.4) is 0 Å². The van der Waals surface area contributed by atoms with Crippen LogP contribution >= 0.6 is 0 Å². The van der Waals surface area contributed by atoms with Gasteiger partial charge in [0.25, 0.3) is 0 Å². The van der Waals surface area contributed by atoms with Gasteiger partial charge in [0, 0.05) is 11.6 Å². The van der Waals surface area contributed by atoms with Crippen molar-refractivity contribution in [3.8, 4) is 28.4 Å². The van der Waals surface area contributed by atoms with E-state index in [2.05, 4.69) is 0 Å². The quantitative estimate of drug-likeness (QED) is 0.591. The van der Waals surface area contributed by atoms with Gasteiger partial charge in [-0.25, -0.2) is 0 Å². The van der Waals surface area contributed by atoms with E-state index in [4.69, 9.17) is 4.42 Å². The van der Waals surface area contributed by atoms with Crippen molar-refractivity contribution in [2.24, 2.45) is 0 Å². The maximum Gasteiger partial charge on any atom is 0.200 e. The molecule has 0 spiro atoms. The summed E-state index contributed by atoms with van der Waals surface area (Å²) >= 11 is 0. The first-order chi connectivity index (χ1) is 9.56. The molecule has 0 unspecified atom stereocenters. The van der Waals surface area contributed by atoms with Gasteiger partial charge in [0.2, 0.25) is 5.43 Å². The summed E-state index contributed by atoms with van der Waals surface area (Å²) in [6, 6.07) is 8.06. The van der Waals surface area contributed by atoms with Crippen LogP contribution < -0.4 is 5.43 Å². The Kier molecular flexibility index (Phi) is 2.61. The highest BCUT2D eigenvalue weighted by Gasteiger charge is 2.13. The summed E-state index contributed by atoms with van der Waals surface area (Å²) in [6.45, 7) is 0. The minimum absolute atomic E-state index is 0.00592. The fourth-order valence-corrected chi connectivity index (χ4v) is 2.04. The molecule has 0 fully saturated rings. The van der Waals surface area contributed by atoms with E-state index in [1.165, 1.54) is 42.7 Å². The number of phenols is 3. The molecule has 0 atom stereocenters. The Hall–Kier alpha value is -2.95. The van der Waals surface area contributed by atoms with E-state index in [1.54, 1.807) is 0 Å². The van der Waals surface area contributed by atoms with Crippen molar-refractivity contribution >= 4 is 11.0 Å². The second kappa shape index (κ2) is 4.31. The maximum atomic E-state index is 12.4. The van der Waals surface area contributed by atoms with Crippen molar-refractivity contribution in [2.45, 2.75) is 0 Å². The topological polar surface area (TPSA) is 90.9 Å². The van der Waals surface area contributed by atoms with Crippen molar-refractivity contribution in [3.05, 3.63) is 52.9 Å². The number of hydrogen-bond acceptors (Lipinski definition) is 5. The highest BCUT2D eigenvalue weighted by atomic mass is 16.3. The molecule has 100 valence electrons. The van der Waals surface area contributed by atoms with Crippen molar-refractivity contribution in [1.82, 2.24) is 0 Å². The van der Waals surface area contributed by atoms with E-state index in [9.17, 15) is 20.1 Å². The van der Waals surface area contributed by atoms with E-state index in [0.717, 1.165) is 0 Å². The number of hydrogen-bond donors (Lipinski definition) is 3. The normalized spacial score (nSPS) is 10.8. The highest BCUT2D eigenvalue weighted by molar-refractivity contribution is 5.84. The molecule has 5 heteroatoms. The zero-order valence-electron chi connectivity index (χ0n) is 10.2. The minimum Gasteiger partial charge on any atom is -0.508 e. The van der Waals surface area contributed by atoms with E-state index in [1.807, 2.05) is 0 Å². The van der Waals surface area contributed by atoms with E-state index in [-0.39, 0.29) is 44.8 Å². The number of aromatic hydroxyl groups is 3. The van der Waals surface area contributed by atoms with Crippen LogP contribution in [0.2, 0.25) is 0 Å². The van der Waals surface area contributed by atoms with Gasteiger partial charge < -0.3 is 19.7 Å². The fourth-order valence-electron chi connectivity index (χ4n) is 2.04. The molecule has 5 nitrogen and oxygen atoms in total. The second-order valence-electron chi connectivity index (χ2n) is 4.36. The average molecular weight is 270 g/mol. The van der Waals surface area contributed by atoms with Crippen LogP contribution in [0.1, 0.15) is 0 Å². The Morgan fingerprint density at radius 1 is 0.850 bits per heavy atom. The van der Waals surface area contributed by atoms with Crippen LogP contribution in [0.4, 0.5) is 0 Å². The predicted molar refractivity (Wildman–Crippen MR) is 72.9 cm³/mol. The van der Waals surface area contributed by atoms with Gasteiger partial charge in [-0.3, -0.25) is 4.79 Å². The summed E-state index contributed by atoms with van der Waals surface area (Å²) < 4.78 is 5.30. The number of rotatable bonds is 1. The SMILES string of the molecule is O=c1c(-c2cc(O)ccc2O)coc2cc(O)ccc12. The molecule has 0 bridgehead atoms. The van der Waals surface area contributed by atoms with Gasteiger partial charge in [-0.2, -0.15) is 0 Å². The summed E-state index contributed by atoms with van der Waals surface area (Å²) in [4.78, 5) is 12.4. The summed E-state index contributed by atoms with van der Waals surface area (Å²) in [5, 5.41) is 28.9. The monoisotopic (exact) mass is 270 g/mol. The molecule has 0 radical (unpaired) electrons. The van der Waals surface area contributed by atoms with Crippen LogP contribution in [0.5, 0.6) is 17.2 Å². The third-order valence-electron chi connectivity index (χ3n) is 3.03. The van der Waals surface area contributed by atoms with E-state index in [0.29, 0.717) is 0 Å². The Morgan fingerprint density at radius 2 is 1.55 bits per heavy atom. The van der Waals surface area contributed by atoms with Crippen LogP contribution in [-0.2, 0) is 0 Å². The van der Waals surface area contributed by atoms with Gasteiger partial charge in [0.15, 0.2) is 0 Å². The lowest BCUT2D eigenvalue weighted by Gasteiger charge is -2.05. The first-order valence-corrected chi connectivity index (χ1v) is 5.83. The Balaban J connectivity index is 2.33. The van der Waals surface area contributed by atoms with Crippen molar-refractivity contribution < 1.29 is 19.7 Å². The largest absolute Gasteiger partial charge is 0.508 e. The molecule has 3 rings (SSSR count). The number of phenolic OH excluding ortho intramolecular Hbond substituents is 3. The van der Waals surface area contributed by atoms with Crippen LogP contribution in [0.15, 0.2) is 51.9 Å². The summed E-state index contributed by atoms with van der Waals surface area (Å²) in [6.07, 6.45) is 1.19. The minimum atomic E-state index is -0.354. The molecular weight excluding hydrogens is 260 g/mol. The van der Waals surface area contributed by atoms with Gasteiger partial charge in [-0.15, -0.1) is 0 Å². The molecule has 0 saturated carbocycles. The molecule has 0 saturated heterocycles. The van der Waals surface area contributed by atoms with Gasteiger partial charge in [0.1, 0.15) is 29.1 Å². The lowest BCUT2D eigenvalue weighted by molar-refractivity contribution is 0.461. The standard InChI is InChI=1S/C15H10O5/c16-8-2-4-13(18)11(5-8)12-7-20-14-6-9(17)1-3-10(14)15(12)19/h1-7,16-18H. The van der Waals surface area contributed by atoms with Gasteiger partial charge in [-0.1, -0.05) is 0 Å². The highest BCUT2D eigenvalue weighted by Crippen LogP contribution is 2.31. The third kappa shape index (κ3) is 1.85. The van der Waals surface area contributed by atoms with Crippen LogP contribution in [0.25, 0.3) is 22.1 Å². The van der Waals surface area contributed by atoms with Crippen molar-refractivity contribution in [1.29, 1.82) is 0 Å². The molecule has 0 aliphatic heterocycles. The lowest BCUT2D eigenvalue weighted by Crippen LogP contribution is -2.04. The fraction of sp³-hybridized carbons (Fsp3) is 0. The van der Waals surface area contributed by atoms with Gasteiger partial charge in [-0.05, 0) is 30.3 Å². The Morgan fingerprint density at radius 3 is 2.35 bits per heavy atom. The molecular formula is C15H10O5. The molecule has 2 aromatic carbocycles. The molecule has 3 aromatic rings. The third-order valence-corrected chi connectivity index (χ3v) is 3.03. The van der Waals surface area contributed by atoms with Crippen molar-refractivity contribution in [2.75, 3.05) is 0 Å². The zero-order chi connectivity index (χ0) is 14.3. The molecule has 1 heterocycles. The van der Waals surface area contributed by atoms with Gasteiger partial charge in [0.05, 0.1) is 10.9 Å². The van der Waals surface area contributed by atoms with E-state index < -0.39 is 0 Å². The first-order valence-electron chi connectivity index (χ1n) is 5.83. The molecule has 20 heavy (non-hydrogen) atoms. The van der Waals surface area contributed by atoms with Gasteiger partial charge >= 0.3 is 0 Å². The zero-order valence-corrected chi connectivity index (χ0v) is 10.2. The summed E-state index contributed by atoms with van der Waals surface area (Å²) in [7, 11) is 0. The molecule has 0 amide bonds. The summed E-state index contributed by atoms with van der Waals surface area (Å²) in [5.74, 6) is -0.204. The smallest absolute Gasteiger partial charge is 0.200 e.